The second-order valence-corrected chi connectivity index (χ2v) is 12.9. The Bertz CT molecular complexity index is 1110. The second-order valence-electron chi connectivity index (χ2n) is 8.96. The van der Waals surface area contributed by atoms with Crippen molar-refractivity contribution in [2.24, 2.45) is 0 Å². The number of carbonyl (C=O) groups is 1. The molecule has 0 aromatic heterocycles. The molecule has 0 amide bonds. The van der Waals surface area contributed by atoms with Crippen molar-refractivity contribution in [3.8, 4) is 5.75 Å². The van der Waals surface area contributed by atoms with Crippen LogP contribution >= 0.6 is 47.8 Å². The lowest BCUT2D eigenvalue weighted by atomic mass is 9.81. The zero-order valence-corrected chi connectivity index (χ0v) is 23.0. The summed E-state index contributed by atoms with van der Waals surface area (Å²) >= 11 is 10.1. The summed E-state index contributed by atoms with van der Waals surface area (Å²) < 4.78 is 41.7. The summed E-state index contributed by atoms with van der Waals surface area (Å²) in [6.45, 7) is 11.1. The molecular weight excluding hydrogens is 604 g/mol. The van der Waals surface area contributed by atoms with Gasteiger partial charge in [-0.25, -0.2) is 4.79 Å². The summed E-state index contributed by atoms with van der Waals surface area (Å²) in [5.41, 5.74) is -0.0351. The van der Waals surface area contributed by atoms with Crippen LogP contribution in [-0.2, 0) is 20.9 Å². The third-order valence-electron chi connectivity index (χ3n) is 4.39. The monoisotopic (exact) mass is 624 g/mol. The van der Waals surface area contributed by atoms with Crippen molar-refractivity contribution in [1.29, 1.82) is 0 Å². The van der Waals surface area contributed by atoms with Gasteiger partial charge in [0.25, 0.3) is 10.1 Å². The molecule has 0 radical (unpaired) electrons. The molecule has 0 saturated carbocycles. The van der Waals surface area contributed by atoms with E-state index in [0.29, 0.717) is 30.1 Å². The van der Waals surface area contributed by atoms with Crippen LogP contribution in [0, 0.1) is 0 Å². The van der Waals surface area contributed by atoms with E-state index in [4.69, 9.17) is 4.74 Å². The van der Waals surface area contributed by atoms with Gasteiger partial charge in [0.2, 0.25) is 0 Å². The number of halogens is 3. The molecule has 0 aliphatic carbocycles. The van der Waals surface area contributed by atoms with E-state index in [-0.39, 0.29) is 10.6 Å². The molecule has 9 heteroatoms. The fourth-order valence-electron chi connectivity index (χ4n) is 2.89. The van der Waals surface area contributed by atoms with Crippen molar-refractivity contribution in [2.45, 2.75) is 57.3 Å². The molecule has 0 fully saturated rings. The minimum absolute atomic E-state index is 0.189. The van der Waals surface area contributed by atoms with Crippen LogP contribution in [0.4, 0.5) is 0 Å². The Kier molecular flexibility index (Phi) is 7.36. The largest absolute Gasteiger partial charge is 0.423 e. The Balaban J connectivity index is 2.74. The van der Waals surface area contributed by atoms with E-state index < -0.39 is 26.9 Å². The zero-order valence-electron chi connectivity index (χ0n) is 17.4. The Morgan fingerprint density at radius 2 is 1.43 bits per heavy atom. The van der Waals surface area contributed by atoms with E-state index in [1.165, 1.54) is 12.1 Å². The molecule has 0 saturated heterocycles. The van der Waals surface area contributed by atoms with Gasteiger partial charge in [0.15, 0.2) is 0 Å². The molecule has 2 aromatic carbocycles. The van der Waals surface area contributed by atoms with Gasteiger partial charge in [0, 0.05) is 19.0 Å². The third kappa shape index (κ3) is 5.73. The Labute approximate surface area is 202 Å². The number of rotatable bonds is 3. The first kappa shape index (κ1) is 25.5. The van der Waals surface area contributed by atoms with E-state index in [1.54, 1.807) is 12.1 Å². The van der Waals surface area contributed by atoms with Crippen molar-refractivity contribution in [3.05, 3.63) is 54.4 Å². The molecule has 1 N–H and O–H groups in total. The van der Waals surface area contributed by atoms with Gasteiger partial charge in [0.05, 0.1) is 10.5 Å². The van der Waals surface area contributed by atoms with E-state index in [2.05, 4.69) is 47.8 Å². The highest BCUT2D eigenvalue weighted by atomic mass is 79.9. The van der Waals surface area contributed by atoms with E-state index in [0.717, 1.165) is 0 Å². The molecule has 30 heavy (non-hydrogen) atoms. The van der Waals surface area contributed by atoms with Gasteiger partial charge in [-0.3, -0.25) is 4.55 Å². The van der Waals surface area contributed by atoms with E-state index in [1.807, 2.05) is 41.5 Å². The van der Waals surface area contributed by atoms with Crippen molar-refractivity contribution in [3.63, 3.8) is 0 Å². The number of ether oxygens (including phenoxy) is 1. The van der Waals surface area contributed by atoms with Crippen LogP contribution in [0.5, 0.6) is 5.75 Å². The maximum Gasteiger partial charge on any atom is 0.344 e. The number of hydrogen-bond donors (Lipinski definition) is 1. The van der Waals surface area contributed by atoms with Crippen molar-refractivity contribution < 1.29 is 22.5 Å². The summed E-state index contributed by atoms with van der Waals surface area (Å²) in [5, 5.41) is 0. The quantitative estimate of drug-likeness (QED) is 0.171. The van der Waals surface area contributed by atoms with Crippen LogP contribution in [0.1, 0.15) is 63.0 Å². The van der Waals surface area contributed by atoms with Gasteiger partial charge in [-0.2, -0.15) is 8.42 Å². The summed E-state index contributed by atoms with van der Waals surface area (Å²) in [4.78, 5) is 12.8. The summed E-state index contributed by atoms with van der Waals surface area (Å²) in [6.07, 6.45) is 0. The van der Waals surface area contributed by atoms with Crippen LogP contribution < -0.4 is 4.74 Å². The Morgan fingerprint density at radius 1 is 0.900 bits per heavy atom. The highest BCUT2D eigenvalue weighted by molar-refractivity contribution is 9.13. The van der Waals surface area contributed by atoms with E-state index >= 15 is 0 Å². The summed E-state index contributed by atoms with van der Waals surface area (Å²) in [5.74, 6) is -0.360. The average Bonchev–Trinajstić information content (AvgIpc) is 2.54. The van der Waals surface area contributed by atoms with Crippen LogP contribution in [0.25, 0.3) is 0 Å². The van der Waals surface area contributed by atoms with Crippen molar-refractivity contribution in [1.82, 2.24) is 0 Å². The van der Waals surface area contributed by atoms with Gasteiger partial charge in [-0.15, -0.1) is 0 Å². The van der Waals surface area contributed by atoms with Crippen LogP contribution in [0.15, 0.2) is 42.6 Å². The average molecular weight is 627 g/mol. The maximum absolute atomic E-state index is 13.0. The highest BCUT2D eigenvalue weighted by Crippen LogP contribution is 2.40. The molecule has 2 rings (SSSR count). The summed E-state index contributed by atoms with van der Waals surface area (Å²) in [7, 11) is -4.48. The van der Waals surface area contributed by atoms with Gasteiger partial charge < -0.3 is 4.74 Å². The molecule has 0 bridgehead atoms. The van der Waals surface area contributed by atoms with Crippen molar-refractivity contribution >= 4 is 63.9 Å². The van der Waals surface area contributed by atoms with Crippen molar-refractivity contribution in [2.75, 3.05) is 0 Å². The molecule has 2 aromatic rings. The molecule has 0 atom stereocenters. The molecule has 0 unspecified atom stereocenters. The van der Waals surface area contributed by atoms with Crippen LogP contribution in [0.2, 0.25) is 0 Å². The predicted octanol–water partition coefficient (Wildman–Crippen LogP) is 7.04. The molecule has 0 heterocycles. The lowest BCUT2D eigenvalue weighted by molar-refractivity contribution is 0.0730. The molecular formula is C21H23Br3O5S. The first-order chi connectivity index (χ1) is 13.4. The van der Waals surface area contributed by atoms with Gasteiger partial charge >= 0.3 is 5.97 Å². The first-order valence-corrected chi connectivity index (χ1v) is 12.8. The molecule has 164 valence electrons. The first-order valence-electron chi connectivity index (χ1n) is 8.96. The fraction of sp³-hybridized carbons (Fsp3) is 0.381. The lowest BCUT2D eigenvalue weighted by Crippen LogP contribution is -2.22. The van der Waals surface area contributed by atoms with Crippen LogP contribution in [0.3, 0.4) is 0 Å². The Hall–Kier alpha value is -0.740. The van der Waals surface area contributed by atoms with Crippen LogP contribution in [-0.4, -0.2) is 18.9 Å². The fourth-order valence-corrected chi connectivity index (χ4v) is 5.42. The summed E-state index contributed by atoms with van der Waals surface area (Å²) in [6, 6.07) is 6.35. The van der Waals surface area contributed by atoms with Gasteiger partial charge in [-0.05, 0) is 72.5 Å². The van der Waals surface area contributed by atoms with E-state index in [9.17, 15) is 17.8 Å². The molecule has 5 nitrogen and oxygen atoms in total. The normalized spacial score (nSPS) is 12.7. The van der Waals surface area contributed by atoms with Gasteiger partial charge in [0.1, 0.15) is 5.75 Å². The standard InChI is InChI=1S/C21H23Br3O5S/c1-20(2,3)13-10-17(30(26,27)28)14(21(4,5)6)9-16(13)29-19(25)12-7-11(22)8-15(23)18(12)24/h7-10H,1-6H3,(H,26,27,28). The minimum atomic E-state index is -4.48. The Morgan fingerprint density at radius 3 is 1.90 bits per heavy atom. The second kappa shape index (κ2) is 8.65. The number of benzene rings is 2. The topological polar surface area (TPSA) is 80.7 Å². The number of esters is 1. The third-order valence-corrected chi connectivity index (χ3v) is 7.75. The minimum Gasteiger partial charge on any atom is -0.423 e. The maximum atomic E-state index is 13.0. The SMILES string of the molecule is CC(C)(C)c1cc(S(=O)(=O)O)c(C(C)(C)C)cc1OC(=O)c1cc(Br)cc(Br)c1Br. The molecule has 0 aliphatic rings. The number of hydrogen-bond acceptors (Lipinski definition) is 4. The predicted molar refractivity (Wildman–Crippen MR) is 128 cm³/mol. The lowest BCUT2D eigenvalue weighted by Gasteiger charge is -2.28. The molecule has 0 spiro atoms. The van der Waals surface area contributed by atoms with Gasteiger partial charge in [-0.1, -0.05) is 57.5 Å². The number of carbonyl (C=O) groups excluding carboxylic acids is 1. The molecule has 0 aliphatic heterocycles. The smallest absolute Gasteiger partial charge is 0.344 e. The highest BCUT2D eigenvalue weighted by Gasteiger charge is 2.31. The zero-order chi connectivity index (χ0) is 23.2.